The fourth-order valence-electron chi connectivity index (χ4n) is 1.13. The summed E-state index contributed by atoms with van der Waals surface area (Å²) in [4.78, 5) is 33.2. The molecule has 18 heavy (non-hydrogen) atoms. The quantitative estimate of drug-likeness (QED) is 0.651. The van der Waals surface area contributed by atoms with E-state index in [2.05, 4.69) is 20.3 Å². The Kier molecular flexibility index (Phi) is 4.11. The summed E-state index contributed by atoms with van der Waals surface area (Å²) in [5.41, 5.74) is 0.639. The molecule has 0 saturated heterocycles. The molecule has 0 unspecified atom stereocenters. The number of aromatic amines is 1. The first-order valence-corrected chi connectivity index (χ1v) is 6.90. The molecule has 0 aromatic carbocycles. The van der Waals surface area contributed by atoms with Gasteiger partial charge in [0.1, 0.15) is 0 Å². The van der Waals surface area contributed by atoms with Gasteiger partial charge in [-0.3, -0.25) is 9.59 Å². The second-order valence-corrected chi connectivity index (χ2v) is 5.19. The third kappa shape index (κ3) is 3.67. The molecule has 0 aliphatic rings. The molecular weight excluding hydrogens is 272 g/mol. The minimum absolute atomic E-state index is 0.172. The maximum Gasteiger partial charge on any atom is 0.251 e. The van der Waals surface area contributed by atoms with E-state index in [0.29, 0.717) is 10.3 Å². The lowest BCUT2D eigenvalue weighted by atomic mass is 10.6. The molecule has 0 radical (unpaired) electrons. The summed E-state index contributed by atoms with van der Waals surface area (Å²) in [6, 6.07) is 1.32. The van der Waals surface area contributed by atoms with E-state index in [4.69, 9.17) is 0 Å². The van der Waals surface area contributed by atoms with E-state index in [9.17, 15) is 9.59 Å². The number of nitrogens with one attached hydrogen (secondary N) is 2. The molecule has 94 valence electrons. The molecule has 0 fully saturated rings. The largest absolute Gasteiger partial charge is 0.301 e. The van der Waals surface area contributed by atoms with Gasteiger partial charge in [-0.15, -0.1) is 11.3 Å². The van der Waals surface area contributed by atoms with Crippen LogP contribution in [0.2, 0.25) is 0 Å². The summed E-state index contributed by atoms with van der Waals surface area (Å²) in [6.45, 7) is 1.86. The molecule has 2 N–H and O–H groups in total. The number of nitrogens with zero attached hydrogens (tertiary/aromatic N) is 2. The molecule has 0 saturated carbocycles. The molecule has 1 amide bonds. The van der Waals surface area contributed by atoms with Gasteiger partial charge in [0.05, 0.1) is 11.4 Å². The van der Waals surface area contributed by atoms with Crippen molar-refractivity contribution in [2.24, 2.45) is 0 Å². The van der Waals surface area contributed by atoms with Gasteiger partial charge in [0.2, 0.25) is 5.91 Å². The molecule has 2 rings (SSSR count). The number of thiazole rings is 1. The van der Waals surface area contributed by atoms with Gasteiger partial charge in [0.15, 0.2) is 10.3 Å². The zero-order valence-electron chi connectivity index (χ0n) is 9.47. The van der Waals surface area contributed by atoms with E-state index in [1.54, 1.807) is 0 Å². The number of thioether (sulfide) groups is 1. The van der Waals surface area contributed by atoms with Crippen LogP contribution in [0.5, 0.6) is 0 Å². The van der Waals surface area contributed by atoms with E-state index in [1.165, 1.54) is 35.4 Å². The maximum atomic E-state index is 11.6. The Hall–Kier alpha value is -1.67. The predicted molar refractivity (Wildman–Crippen MR) is 71.1 cm³/mol. The number of anilines is 1. The minimum Gasteiger partial charge on any atom is -0.301 e. The van der Waals surface area contributed by atoms with Gasteiger partial charge >= 0.3 is 0 Å². The topological polar surface area (TPSA) is 87.7 Å². The van der Waals surface area contributed by atoms with E-state index in [-0.39, 0.29) is 17.2 Å². The van der Waals surface area contributed by atoms with Crippen LogP contribution in [0.15, 0.2) is 27.6 Å². The highest BCUT2D eigenvalue weighted by molar-refractivity contribution is 7.99. The van der Waals surface area contributed by atoms with E-state index < -0.39 is 0 Å². The highest BCUT2D eigenvalue weighted by Crippen LogP contribution is 2.16. The summed E-state index contributed by atoms with van der Waals surface area (Å²) < 4.78 is 0. The van der Waals surface area contributed by atoms with Crippen molar-refractivity contribution in [2.75, 3.05) is 11.1 Å². The van der Waals surface area contributed by atoms with Gasteiger partial charge in [0.25, 0.3) is 5.56 Å². The molecular formula is C10H10N4O2S2. The number of hydrogen-bond acceptors (Lipinski definition) is 6. The lowest BCUT2D eigenvalue weighted by Crippen LogP contribution is -2.15. The second-order valence-electron chi connectivity index (χ2n) is 3.37. The van der Waals surface area contributed by atoms with Crippen molar-refractivity contribution < 1.29 is 4.79 Å². The zero-order chi connectivity index (χ0) is 13.0. The molecule has 2 aromatic heterocycles. The number of aromatic nitrogens is 3. The monoisotopic (exact) mass is 282 g/mol. The van der Waals surface area contributed by atoms with Crippen molar-refractivity contribution in [1.82, 2.24) is 15.0 Å². The number of carbonyl (C=O) groups excluding carboxylic acids is 1. The normalized spacial score (nSPS) is 10.3. The first kappa shape index (κ1) is 12.8. The third-order valence-electron chi connectivity index (χ3n) is 1.85. The van der Waals surface area contributed by atoms with Gasteiger partial charge in [-0.2, -0.15) is 0 Å². The standard InChI is InChI=1S/C10H10N4O2S2/c1-6-4-17-10(12-6)14-8(16)5-18-9-11-3-2-7(15)13-9/h2-4H,5H2,1H3,(H,11,13,15)(H,12,14,16). The zero-order valence-corrected chi connectivity index (χ0v) is 11.1. The summed E-state index contributed by atoms with van der Waals surface area (Å²) >= 11 is 2.54. The van der Waals surface area contributed by atoms with Crippen LogP contribution < -0.4 is 10.9 Å². The number of rotatable bonds is 4. The second kappa shape index (κ2) is 5.78. The minimum atomic E-state index is -0.233. The smallest absolute Gasteiger partial charge is 0.251 e. The maximum absolute atomic E-state index is 11.6. The summed E-state index contributed by atoms with van der Waals surface area (Å²) in [7, 11) is 0. The van der Waals surface area contributed by atoms with Gasteiger partial charge < -0.3 is 10.3 Å². The molecule has 0 atom stereocenters. The van der Waals surface area contributed by atoms with Crippen LogP contribution in [0.25, 0.3) is 0 Å². The summed E-state index contributed by atoms with van der Waals surface area (Å²) in [5.74, 6) is -0.00756. The molecule has 2 heterocycles. The number of aryl methyl sites for hydroxylation is 1. The SMILES string of the molecule is Cc1csc(NC(=O)CSc2nccc(=O)[nH]2)n1. The number of carbonyl (C=O) groups is 1. The molecule has 2 aromatic rings. The fraction of sp³-hybridized carbons (Fsp3) is 0.200. The third-order valence-corrected chi connectivity index (χ3v) is 3.62. The molecule has 0 aliphatic carbocycles. The average Bonchev–Trinajstić information content (AvgIpc) is 2.72. The average molecular weight is 282 g/mol. The van der Waals surface area contributed by atoms with E-state index in [1.807, 2.05) is 12.3 Å². The molecule has 0 spiro atoms. The molecule has 0 aliphatic heterocycles. The number of amides is 1. The lowest BCUT2D eigenvalue weighted by Gasteiger charge is -2.00. The molecule has 0 bridgehead atoms. The van der Waals surface area contributed by atoms with Gasteiger partial charge in [-0.1, -0.05) is 11.8 Å². The van der Waals surface area contributed by atoms with Crippen molar-refractivity contribution in [3.05, 3.63) is 33.7 Å². The van der Waals surface area contributed by atoms with E-state index in [0.717, 1.165) is 5.69 Å². The van der Waals surface area contributed by atoms with Gasteiger partial charge in [0, 0.05) is 17.6 Å². The predicted octanol–water partition coefficient (Wildman–Crippen LogP) is 1.27. The Bertz CT molecular complexity index is 608. The van der Waals surface area contributed by atoms with Gasteiger partial charge in [-0.05, 0) is 6.92 Å². The Labute approximate surface area is 111 Å². The van der Waals surface area contributed by atoms with Crippen LogP contribution in [-0.4, -0.2) is 26.6 Å². The number of H-pyrrole nitrogens is 1. The Morgan fingerprint density at radius 2 is 2.44 bits per heavy atom. The van der Waals surface area contributed by atoms with Crippen molar-refractivity contribution >= 4 is 34.1 Å². The molecule has 8 heteroatoms. The van der Waals surface area contributed by atoms with Crippen LogP contribution in [0, 0.1) is 6.92 Å². The van der Waals surface area contributed by atoms with Crippen LogP contribution >= 0.6 is 23.1 Å². The van der Waals surface area contributed by atoms with Crippen molar-refractivity contribution in [1.29, 1.82) is 0 Å². The Balaban J connectivity index is 1.87. The van der Waals surface area contributed by atoms with Crippen molar-refractivity contribution in [2.45, 2.75) is 12.1 Å². The van der Waals surface area contributed by atoms with Crippen molar-refractivity contribution in [3.63, 3.8) is 0 Å². The Morgan fingerprint density at radius 1 is 1.61 bits per heavy atom. The Morgan fingerprint density at radius 3 is 3.11 bits per heavy atom. The van der Waals surface area contributed by atoms with Crippen LogP contribution in [-0.2, 0) is 4.79 Å². The molecule has 6 nitrogen and oxygen atoms in total. The lowest BCUT2D eigenvalue weighted by molar-refractivity contribution is -0.113. The fourth-order valence-corrected chi connectivity index (χ4v) is 2.48. The first-order valence-electron chi connectivity index (χ1n) is 5.03. The van der Waals surface area contributed by atoms with Gasteiger partial charge in [-0.25, -0.2) is 9.97 Å². The first-order chi connectivity index (χ1) is 8.63. The summed E-state index contributed by atoms with van der Waals surface area (Å²) in [5, 5.41) is 5.54. The van der Waals surface area contributed by atoms with Crippen LogP contribution in [0.1, 0.15) is 5.69 Å². The number of hydrogen-bond donors (Lipinski definition) is 2. The summed E-state index contributed by atoms with van der Waals surface area (Å²) in [6.07, 6.45) is 1.41. The van der Waals surface area contributed by atoms with Crippen LogP contribution in [0.3, 0.4) is 0 Å². The highest BCUT2D eigenvalue weighted by Gasteiger charge is 2.07. The van der Waals surface area contributed by atoms with E-state index >= 15 is 0 Å². The van der Waals surface area contributed by atoms with Crippen LogP contribution in [0.4, 0.5) is 5.13 Å². The van der Waals surface area contributed by atoms with Crippen molar-refractivity contribution in [3.8, 4) is 0 Å². The highest BCUT2D eigenvalue weighted by atomic mass is 32.2.